The van der Waals surface area contributed by atoms with E-state index in [1.54, 1.807) is 20.8 Å². The summed E-state index contributed by atoms with van der Waals surface area (Å²) >= 11 is 0. The number of hydrogen-bond donors (Lipinski definition) is 2. The fraction of sp³-hybridized carbons (Fsp3) is 0.700. The number of carbonyl (C=O) groups excluding carboxylic acids is 5. The zero-order chi connectivity index (χ0) is 26.6. The van der Waals surface area contributed by atoms with Crippen LogP contribution in [0.1, 0.15) is 52.9 Å². The van der Waals surface area contributed by atoms with Gasteiger partial charge in [-0.2, -0.15) is 4.79 Å². The van der Waals surface area contributed by atoms with Crippen molar-refractivity contribution in [3.8, 4) is 0 Å². The molecule has 2 fully saturated rings. The summed E-state index contributed by atoms with van der Waals surface area (Å²) in [6.07, 6.45) is 1.11. The van der Waals surface area contributed by atoms with Crippen molar-refractivity contribution in [1.82, 2.24) is 20.1 Å². The first-order chi connectivity index (χ1) is 16.1. The molecule has 0 radical (unpaired) electrons. The third-order valence-corrected chi connectivity index (χ3v) is 5.87. The molecule has 3 atom stereocenters. The van der Waals surface area contributed by atoms with Gasteiger partial charge in [0.2, 0.25) is 21.8 Å². The van der Waals surface area contributed by atoms with Gasteiger partial charge >= 0.3 is 12.2 Å². The molecule has 2 N–H and O–H groups in total. The number of fused-ring (bicyclic) bond motifs is 1. The highest BCUT2D eigenvalue weighted by Gasteiger charge is 2.45. The molecule has 0 bridgehead atoms. The van der Waals surface area contributed by atoms with Crippen LogP contribution in [0.15, 0.2) is 0 Å². The van der Waals surface area contributed by atoms with E-state index in [4.69, 9.17) is 10.3 Å². The average molecular weight is 515 g/mol. The van der Waals surface area contributed by atoms with Crippen molar-refractivity contribution >= 4 is 45.7 Å². The Morgan fingerprint density at radius 1 is 1.26 bits per heavy atom. The van der Waals surface area contributed by atoms with Crippen LogP contribution in [0.3, 0.4) is 0 Å². The van der Waals surface area contributed by atoms with Crippen LogP contribution < -0.4 is 10.0 Å². The molecule has 0 saturated carbocycles. The summed E-state index contributed by atoms with van der Waals surface area (Å²) in [5, 5.41) is 4.41. The van der Waals surface area contributed by atoms with Gasteiger partial charge in [0.25, 0.3) is 11.7 Å². The third kappa shape index (κ3) is 7.94. The van der Waals surface area contributed by atoms with Crippen LogP contribution >= 0.6 is 0 Å². The van der Waals surface area contributed by atoms with Crippen LogP contribution in [0.2, 0.25) is 0 Å². The van der Waals surface area contributed by atoms with Crippen molar-refractivity contribution in [2.75, 3.05) is 12.8 Å². The number of hydrogen-bond acceptors (Lipinski definition) is 8. The minimum absolute atomic E-state index is 0.0845. The van der Waals surface area contributed by atoms with Crippen LogP contribution in [-0.4, -0.2) is 95.4 Å². The molecule has 2 aliphatic rings. The first-order valence-corrected chi connectivity index (χ1v) is 12.9. The lowest BCUT2D eigenvalue weighted by atomic mass is 10.0. The molecule has 0 aromatic carbocycles. The molecular weight excluding hydrogens is 484 g/mol. The standard InChI is InChI=1S/C20H30N6O8S/c1-20(2,3)34-17(29)10-13(15(27)11-22-21)23-18(30)14-6-5-9-25-16(28)8-7-12(19(31)26(14)25)24-35(4,32)33/h11-14,24H,5-10H2,1-4H3,(H,23,30). The lowest BCUT2D eigenvalue weighted by molar-refractivity contribution is -0.176. The van der Waals surface area contributed by atoms with Gasteiger partial charge in [0.05, 0.1) is 12.7 Å². The van der Waals surface area contributed by atoms with Gasteiger partial charge < -0.3 is 15.6 Å². The minimum Gasteiger partial charge on any atom is -0.460 e. The lowest BCUT2D eigenvalue weighted by Crippen LogP contribution is -2.64. The second kappa shape index (κ2) is 11.1. The Morgan fingerprint density at radius 2 is 1.91 bits per heavy atom. The van der Waals surface area contributed by atoms with Crippen molar-refractivity contribution < 1.29 is 41.9 Å². The number of rotatable bonds is 8. The molecule has 35 heavy (non-hydrogen) atoms. The van der Waals surface area contributed by atoms with E-state index in [1.807, 2.05) is 0 Å². The number of amides is 3. The number of sulfonamides is 1. The monoisotopic (exact) mass is 514 g/mol. The van der Waals surface area contributed by atoms with E-state index < -0.39 is 69.6 Å². The minimum atomic E-state index is -3.79. The first-order valence-electron chi connectivity index (χ1n) is 11.0. The molecule has 2 aliphatic heterocycles. The molecule has 2 heterocycles. The quantitative estimate of drug-likeness (QED) is 0.169. The summed E-state index contributed by atoms with van der Waals surface area (Å²) in [4.78, 5) is 66.3. The number of ketones is 1. The Hall–Kier alpha value is -3.16. The zero-order valence-electron chi connectivity index (χ0n) is 20.0. The maximum absolute atomic E-state index is 13.2. The van der Waals surface area contributed by atoms with Crippen molar-refractivity contribution in [1.29, 1.82) is 0 Å². The van der Waals surface area contributed by atoms with Crippen LogP contribution in [0.25, 0.3) is 5.53 Å². The fourth-order valence-electron chi connectivity index (χ4n) is 3.83. The first kappa shape index (κ1) is 28.1. The summed E-state index contributed by atoms with van der Waals surface area (Å²) in [5.74, 6) is -3.78. The highest BCUT2D eigenvalue weighted by molar-refractivity contribution is 7.88. The maximum Gasteiger partial charge on any atom is 0.325 e. The second-order valence-corrected chi connectivity index (χ2v) is 11.1. The molecule has 14 nitrogen and oxygen atoms in total. The summed E-state index contributed by atoms with van der Waals surface area (Å²) in [7, 11) is -3.79. The zero-order valence-corrected chi connectivity index (χ0v) is 20.8. The van der Waals surface area contributed by atoms with E-state index in [9.17, 15) is 32.4 Å². The SMILES string of the molecule is CC(C)(C)OC(=O)CC(NC(=O)C1CCCN2C(=O)CCC(NS(C)(=O)=O)C(=O)N12)C(=O)C=[N+]=[N-]. The molecule has 0 aromatic heterocycles. The van der Waals surface area contributed by atoms with E-state index in [1.165, 1.54) is 0 Å². The van der Waals surface area contributed by atoms with Gasteiger partial charge in [0, 0.05) is 13.0 Å². The molecule has 0 aromatic rings. The molecule has 194 valence electrons. The van der Waals surface area contributed by atoms with Crippen molar-refractivity contribution in [3.05, 3.63) is 5.53 Å². The van der Waals surface area contributed by atoms with Crippen LogP contribution in [0.4, 0.5) is 0 Å². The molecule has 0 aliphatic carbocycles. The van der Waals surface area contributed by atoms with Crippen LogP contribution in [-0.2, 0) is 38.7 Å². The third-order valence-electron chi connectivity index (χ3n) is 5.16. The fourth-order valence-corrected chi connectivity index (χ4v) is 4.56. The van der Waals surface area contributed by atoms with Crippen molar-refractivity contribution in [2.24, 2.45) is 0 Å². The van der Waals surface area contributed by atoms with Gasteiger partial charge in [-0.3, -0.25) is 29.0 Å². The lowest BCUT2D eigenvalue weighted by Gasteiger charge is -2.43. The Labute approximate surface area is 203 Å². The van der Waals surface area contributed by atoms with Gasteiger partial charge in [-0.05, 0) is 40.0 Å². The normalized spacial score (nSPS) is 21.8. The highest BCUT2D eigenvalue weighted by Crippen LogP contribution is 2.25. The van der Waals surface area contributed by atoms with Gasteiger partial charge in [0.1, 0.15) is 23.7 Å². The van der Waals surface area contributed by atoms with E-state index in [2.05, 4.69) is 14.8 Å². The summed E-state index contributed by atoms with van der Waals surface area (Å²) in [5.41, 5.74) is 7.87. The summed E-state index contributed by atoms with van der Waals surface area (Å²) in [6.45, 7) is 5.01. The smallest absolute Gasteiger partial charge is 0.325 e. The largest absolute Gasteiger partial charge is 0.460 e. The van der Waals surface area contributed by atoms with E-state index >= 15 is 0 Å². The number of esters is 1. The van der Waals surface area contributed by atoms with Crippen molar-refractivity contribution in [2.45, 2.75) is 76.6 Å². The van der Waals surface area contributed by atoms with Gasteiger partial charge in [-0.15, -0.1) is 0 Å². The Kier molecular flexibility index (Phi) is 8.87. The Bertz CT molecular complexity index is 1050. The van der Waals surface area contributed by atoms with Crippen molar-refractivity contribution in [3.63, 3.8) is 0 Å². The Morgan fingerprint density at radius 3 is 2.49 bits per heavy atom. The molecule has 0 spiro atoms. The van der Waals surface area contributed by atoms with Gasteiger partial charge in [-0.25, -0.2) is 18.1 Å². The topological polar surface area (TPSA) is 196 Å². The van der Waals surface area contributed by atoms with Gasteiger partial charge in [-0.1, -0.05) is 0 Å². The molecule has 3 amide bonds. The van der Waals surface area contributed by atoms with E-state index in [-0.39, 0.29) is 25.8 Å². The number of nitrogens with one attached hydrogen (secondary N) is 2. The Balaban J connectivity index is 2.31. The number of hydrazine groups is 1. The molecular formula is C20H30N6O8S. The number of nitrogens with zero attached hydrogens (tertiary/aromatic N) is 4. The van der Waals surface area contributed by atoms with Crippen LogP contribution in [0, 0.1) is 0 Å². The predicted molar refractivity (Wildman–Crippen MR) is 120 cm³/mol. The number of carbonyl (C=O) groups is 5. The second-order valence-electron chi connectivity index (χ2n) is 9.34. The highest BCUT2D eigenvalue weighted by atomic mass is 32.2. The molecule has 3 unspecified atom stereocenters. The average Bonchev–Trinajstić information content (AvgIpc) is 2.83. The maximum atomic E-state index is 13.2. The van der Waals surface area contributed by atoms with Crippen LogP contribution in [0.5, 0.6) is 0 Å². The predicted octanol–water partition coefficient (Wildman–Crippen LogP) is -1.48. The summed E-state index contributed by atoms with van der Waals surface area (Å²) < 4.78 is 30.8. The molecule has 2 saturated heterocycles. The van der Waals surface area contributed by atoms with E-state index in [0.717, 1.165) is 16.3 Å². The van der Waals surface area contributed by atoms with Gasteiger partial charge in [0.15, 0.2) is 0 Å². The van der Waals surface area contributed by atoms with E-state index in [0.29, 0.717) is 12.6 Å². The summed E-state index contributed by atoms with van der Waals surface area (Å²) in [6, 6.07) is -3.97. The number of ether oxygens (including phenoxy) is 1. The molecule has 15 heteroatoms. The molecule has 2 rings (SSSR count). The number of Topliss-reactive ketones (excluding diaryl/α,β-unsaturated/α-hetero) is 1.